The van der Waals surface area contributed by atoms with Gasteiger partial charge in [0, 0.05) is 11.9 Å². The van der Waals surface area contributed by atoms with Gasteiger partial charge in [-0.25, -0.2) is 4.79 Å². The number of nitrogens with one attached hydrogen (secondary N) is 2. The SMILES string of the molecule is CCc1ccc(NC(=O)N[C@@H](C)c2ccccn2)cc1. The summed E-state index contributed by atoms with van der Waals surface area (Å²) < 4.78 is 0. The number of hydrogen-bond donors (Lipinski definition) is 2. The van der Waals surface area contributed by atoms with Crippen molar-refractivity contribution >= 4 is 11.7 Å². The summed E-state index contributed by atoms with van der Waals surface area (Å²) >= 11 is 0. The lowest BCUT2D eigenvalue weighted by atomic mass is 10.1. The predicted molar refractivity (Wildman–Crippen MR) is 80.6 cm³/mol. The fourth-order valence-corrected chi connectivity index (χ4v) is 1.89. The number of amides is 2. The van der Waals surface area contributed by atoms with E-state index in [2.05, 4.69) is 22.5 Å². The topological polar surface area (TPSA) is 54.0 Å². The zero-order valence-electron chi connectivity index (χ0n) is 11.8. The summed E-state index contributed by atoms with van der Waals surface area (Å²) in [6.45, 7) is 4.01. The van der Waals surface area contributed by atoms with Gasteiger partial charge < -0.3 is 10.6 Å². The summed E-state index contributed by atoms with van der Waals surface area (Å²) in [5.74, 6) is 0. The molecule has 1 heterocycles. The molecule has 2 aromatic rings. The first kappa shape index (κ1) is 14.1. The Bertz CT molecular complexity index is 552. The number of carbonyl (C=O) groups is 1. The van der Waals surface area contributed by atoms with Gasteiger partial charge in [0.05, 0.1) is 11.7 Å². The van der Waals surface area contributed by atoms with Crippen molar-refractivity contribution in [3.8, 4) is 0 Å². The molecular weight excluding hydrogens is 250 g/mol. The highest BCUT2D eigenvalue weighted by molar-refractivity contribution is 5.89. The van der Waals surface area contributed by atoms with Gasteiger partial charge in [-0.2, -0.15) is 0 Å². The Labute approximate surface area is 119 Å². The van der Waals surface area contributed by atoms with Crippen molar-refractivity contribution in [2.24, 2.45) is 0 Å². The van der Waals surface area contributed by atoms with E-state index in [1.54, 1.807) is 6.20 Å². The molecule has 1 aromatic carbocycles. The van der Waals surface area contributed by atoms with Crippen LogP contribution in [0.1, 0.15) is 31.1 Å². The summed E-state index contributed by atoms with van der Waals surface area (Å²) in [6, 6.07) is 13.1. The molecule has 1 atom stereocenters. The van der Waals surface area contributed by atoms with Crippen LogP contribution in [-0.4, -0.2) is 11.0 Å². The van der Waals surface area contributed by atoms with Crippen molar-refractivity contribution in [3.05, 3.63) is 59.9 Å². The van der Waals surface area contributed by atoms with Crippen LogP contribution in [-0.2, 0) is 6.42 Å². The first-order valence-corrected chi connectivity index (χ1v) is 6.76. The molecule has 2 amide bonds. The molecule has 104 valence electrons. The van der Waals surface area contributed by atoms with Gasteiger partial charge in [0.25, 0.3) is 0 Å². The molecule has 20 heavy (non-hydrogen) atoms. The molecule has 2 N–H and O–H groups in total. The molecule has 0 fully saturated rings. The zero-order chi connectivity index (χ0) is 14.4. The van der Waals surface area contributed by atoms with Crippen molar-refractivity contribution in [3.63, 3.8) is 0 Å². The lowest BCUT2D eigenvalue weighted by Crippen LogP contribution is -2.31. The molecule has 0 radical (unpaired) electrons. The van der Waals surface area contributed by atoms with Crippen molar-refractivity contribution in [1.82, 2.24) is 10.3 Å². The van der Waals surface area contributed by atoms with E-state index in [4.69, 9.17) is 0 Å². The van der Waals surface area contributed by atoms with E-state index in [0.717, 1.165) is 17.8 Å². The Morgan fingerprint density at radius 1 is 1.20 bits per heavy atom. The van der Waals surface area contributed by atoms with Crippen LogP contribution in [0.15, 0.2) is 48.7 Å². The van der Waals surface area contributed by atoms with Gasteiger partial charge in [-0.1, -0.05) is 25.1 Å². The number of carbonyl (C=O) groups excluding carboxylic acids is 1. The Balaban J connectivity index is 1.91. The standard InChI is InChI=1S/C16H19N3O/c1-3-13-7-9-14(10-8-13)19-16(20)18-12(2)15-6-4-5-11-17-15/h4-12H,3H2,1-2H3,(H2,18,19,20)/t12-/m0/s1. The van der Waals surface area contributed by atoms with Crippen LogP contribution in [0.5, 0.6) is 0 Å². The van der Waals surface area contributed by atoms with Crippen molar-refractivity contribution in [2.45, 2.75) is 26.3 Å². The van der Waals surface area contributed by atoms with E-state index < -0.39 is 0 Å². The van der Waals surface area contributed by atoms with Crippen LogP contribution < -0.4 is 10.6 Å². The van der Waals surface area contributed by atoms with Gasteiger partial charge in [0.1, 0.15) is 0 Å². The van der Waals surface area contributed by atoms with Crippen LogP contribution >= 0.6 is 0 Å². The Hall–Kier alpha value is -2.36. The highest BCUT2D eigenvalue weighted by atomic mass is 16.2. The molecule has 0 bridgehead atoms. The van der Waals surface area contributed by atoms with Gasteiger partial charge in [0.2, 0.25) is 0 Å². The monoisotopic (exact) mass is 269 g/mol. The van der Waals surface area contributed by atoms with Crippen LogP contribution in [0.3, 0.4) is 0 Å². The molecule has 1 aromatic heterocycles. The number of aryl methyl sites for hydroxylation is 1. The average molecular weight is 269 g/mol. The third-order valence-corrected chi connectivity index (χ3v) is 3.10. The minimum absolute atomic E-state index is 0.133. The highest BCUT2D eigenvalue weighted by Crippen LogP contribution is 2.11. The number of pyridine rings is 1. The molecule has 0 saturated heterocycles. The van der Waals surface area contributed by atoms with Crippen LogP contribution in [0.4, 0.5) is 10.5 Å². The fourth-order valence-electron chi connectivity index (χ4n) is 1.89. The quantitative estimate of drug-likeness (QED) is 0.892. The first-order chi connectivity index (χ1) is 9.69. The number of benzene rings is 1. The minimum atomic E-state index is -0.229. The van der Waals surface area contributed by atoms with E-state index in [9.17, 15) is 4.79 Å². The van der Waals surface area contributed by atoms with E-state index in [-0.39, 0.29) is 12.1 Å². The predicted octanol–water partition coefficient (Wildman–Crippen LogP) is 3.53. The zero-order valence-corrected chi connectivity index (χ0v) is 11.8. The second-order valence-corrected chi connectivity index (χ2v) is 4.63. The van der Waals surface area contributed by atoms with Crippen molar-refractivity contribution in [2.75, 3.05) is 5.32 Å². The highest BCUT2D eigenvalue weighted by Gasteiger charge is 2.10. The minimum Gasteiger partial charge on any atom is -0.330 e. The number of urea groups is 1. The summed E-state index contributed by atoms with van der Waals surface area (Å²) in [6.07, 6.45) is 2.71. The number of nitrogens with zero attached hydrogens (tertiary/aromatic N) is 1. The Morgan fingerprint density at radius 2 is 1.95 bits per heavy atom. The third kappa shape index (κ3) is 3.82. The summed E-state index contributed by atoms with van der Waals surface area (Å²) in [5.41, 5.74) is 2.87. The maximum Gasteiger partial charge on any atom is 0.319 e. The number of rotatable bonds is 4. The fraction of sp³-hybridized carbons (Fsp3) is 0.250. The van der Waals surface area contributed by atoms with Gasteiger partial charge in [-0.05, 0) is 43.2 Å². The lowest BCUT2D eigenvalue weighted by Gasteiger charge is -2.14. The van der Waals surface area contributed by atoms with Gasteiger partial charge in [0.15, 0.2) is 0 Å². The largest absolute Gasteiger partial charge is 0.330 e. The van der Waals surface area contributed by atoms with E-state index in [0.29, 0.717) is 0 Å². The summed E-state index contributed by atoms with van der Waals surface area (Å²) in [7, 11) is 0. The second-order valence-electron chi connectivity index (χ2n) is 4.63. The number of anilines is 1. The van der Waals surface area contributed by atoms with E-state index in [1.165, 1.54) is 5.56 Å². The van der Waals surface area contributed by atoms with Crippen LogP contribution in [0.25, 0.3) is 0 Å². The van der Waals surface area contributed by atoms with Gasteiger partial charge >= 0.3 is 6.03 Å². The van der Waals surface area contributed by atoms with Crippen molar-refractivity contribution < 1.29 is 4.79 Å². The molecule has 0 unspecified atom stereocenters. The maximum atomic E-state index is 11.9. The van der Waals surface area contributed by atoms with Crippen LogP contribution in [0.2, 0.25) is 0 Å². The van der Waals surface area contributed by atoms with Gasteiger partial charge in [-0.15, -0.1) is 0 Å². The third-order valence-electron chi connectivity index (χ3n) is 3.10. The summed E-state index contributed by atoms with van der Waals surface area (Å²) in [4.78, 5) is 16.1. The Kier molecular flexibility index (Phi) is 4.71. The number of hydrogen-bond acceptors (Lipinski definition) is 2. The molecule has 0 aliphatic carbocycles. The van der Waals surface area contributed by atoms with Gasteiger partial charge in [-0.3, -0.25) is 4.98 Å². The lowest BCUT2D eigenvalue weighted by molar-refractivity contribution is 0.249. The smallest absolute Gasteiger partial charge is 0.319 e. The molecule has 4 heteroatoms. The van der Waals surface area contributed by atoms with Crippen molar-refractivity contribution in [1.29, 1.82) is 0 Å². The second kappa shape index (κ2) is 6.70. The Morgan fingerprint density at radius 3 is 2.55 bits per heavy atom. The molecule has 0 aliphatic heterocycles. The maximum absolute atomic E-state index is 11.9. The molecule has 0 spiro atoms. The number of aromatic nitrogens is 1. The molecule has 0 saturated carbocycles. The molecular formula is C16H19N3O. The van der Waals surface area contributed by atoms with Crippen LogP contribution in [0, 0.1) is 0 Å². The van der Waals surface area contributed by atoms with E-state index >= 15 is 0 Å². The van der Waals surface area contributed by atoms with E-state index in [1.807, 2.05) is 49.4 Å². The molecule has 4 nitrogen and oxygen atoms in total. The first-order valence-electron chi connectivity index (χ1n) is 6.76. The normalized spacial score (nSPS) is 11.7. The molecule has 2 rings (SSSR count). The molecule has 0 aliphatic rings. The summed E-state index contributed by atoms with van der Waals surface area (Å²) in [5, 5.41) is 5.68. The average Bonchev–Trinajstić information content (AvgIpc) is 2.49.